The van der Waals surface area contributed by atoms with Gasteiger partial charge in [-0.2, -0.15) is 0 Å². The number of benzene rings is 2. The van der Waals surface area contributed by atoms with Gasteiger partial charge in [-0.3, -0.25) is 25.3 Å². The summed E-state index contributed by atoms with van der Waals surface area (Å²) in [7, 11) is 0. The Balaban J connectivity index is 1.21. The van der Waals surface area contributed by atoms with E-state index >= 15 is 0 Å². The number of furan rings is 1. The van der Waals surface area contributed by atoms with E-state index in [1.807, 2.05) is 49.4 Å². The van der Waals surface area contributed by atoms with Crippen molar-refractivity contribution in [1.82, 2.24) is 15.8 Å². The van der Waals surface area contributed by atoms with Crippen LogP contribution in [0.1, 0.15) is 22.5 Å². The van der Waals surface area contributed by atoms with Gasteiger partial charge in [-0.15, -0.1) is 0 Å². The molecular formula is C23H26N4O3. The average molecular weight is 406 g/mol. The maximum absolute atomic E-state index is 12.4. The number of aryl methyl sites for hydroxylation is 1. The Morgan fingerprint density at radius 2 is 1.63 bits per heavy atom. The Hall–Kier alpha value is -3.32. The van der Waals surface area contributed by atoms with Gasteiger partial charge >= 0.3 is 5.91 Å². The van der Waals surface area contributed by atoms with Crippen molar-refractivity contribution in [2.45, 2.75) is 13.3 Å². The summed E-state index contributed by atoms with van der Waals surface area (Å²) in [5.74, 6) is -0.454. The van der Waals surface area contributed by atoms with Gasteiger partial charge in [0.15, 0.2) is 5.76 Å². The van der Waals surface area contributed by atoms with E-state index in [0.717, 1.165) is 37.1 Å². The molecule has 7 nitrogen and oxygen atoms in total. The van der Waals surface area contributed by atoms with Gasteiger partial charge in [0.25, 0.3) is 0 Å². The maximum atomic E-state index is 12.4. The maximum Gasteiger partial charge on any atom is 0.305 e. The Morgan fingerprint density at radius 1 is 0.933 bits per heavy atom. The van der Waals surface area contributed by atoms with Crippen molar-refractivity contribution in [3.05, 3.63) is 65.9 Å². The highest BCUT2D eigenvalue weighted by Crippen LogP contribution is 2.24. The normalized spacial score (nSPS) is 14.6. The number of hydrogen-bond acceptors (Lipinski definition) is 5. The molecule has 0 radical (unpaired) electrons. The summed E-state index contributed by atoms with van der Waals surface area (Å²) in [5.41, 5.74) is 7.60. The molecular weight excluding hydrogens is 380 g/mol. The number of carbonyl (C=O) groups is 2. The first kappa shape index (κ1) is 20.0. The monoisotopic (exact) mass is 406 g/mol. The van der Waals surface area contributed by atoms with Crippen molar-refractivity contribution in [3.63, 3.8) is 0 Å². The van der Waals surface area contributed by atoms with Gasteiger partial charge in [0, 0.05) is 55.8 Å². The number of piperazine rings is 1. The second-order valence-electron chi connectivity index (χ2n) is 7.47. The predicted octanol–water partition coefficient (Wildman–Crippen LogP) is 2.71. The van der Waals surface area contributed by atoms with E-state index in [2.05, 4.69) is 32.8 Å². The molecule has 0 aliphatic carbocycles. The molecule has 2 amide bonds. The summed E-state index contributed by atoms with van der Waals surface area (Å²) >= 11 is 0. The second kappa shape index (κ2) is 9.00. The summed E-state index contributed by atoms with van der Waals surface area (Å²) in [6, 6.07) is 17.8. The van der Waals surface area contributed by atoms with Crippen LogP contribution in [0, 0.1) is 6.92 Å². The Kier molecular flexibility index (Phi) is 5.99. The molecule has 2 aromatic carbocycles. The lowest BCUT2D eigenvalue weighted by atomic mass is 10.1. The van der Waals surface area contributed by atoms with Gasteiger partial charge in [0.1, 0.15) is 5.58 Å². The van der Waals surface area contributed by atoms with Crippen LogP contribution in [0.5, 0.6) is 0 Å². The van der Waals surface area contributed by atoms with Crippen LogP contribution in [0.2, 0.25) is 0 Å². The third-order valence-electron chi connectivity index (χ3n) is 5.51. The first-order valence-corrected chi connectivity index (χ1v) is 10.2. The van der Waals surface area contributed by atoms with Crippen LogP contribution >= 0.6 is 0 Å². The molecule has 1 aliphatic heterocycles. The molecule has 0 saturated carbocycles. The Morgan fingerprint density at radius 3 is 2.37 bits per heavy atom. The number of nitrogens with zero attached hydrogens (tertiary/aromatic N) is 2. The first-order chi connectivity index (χ1) is 14.6. The molecule has 1 aromatic heterocycles. The van der Waals surface area contributed by atoms with Gasteiger partial charge in [0.2, 0.25) is 5.91 Å². The van der Waals surface area contributed by atoms with E-state index in [9.17, 15) is 9.59 Å². The molecule has 1 saturated heterocycles. The van der Waals surface area contributed by atoms with Crippen molar-refractivity contribution in [2.24, 2.45) is 0 Å². The first-order valence-electron chi connectivity index (χ1n) is 10.2. The number of nitrogens with one attached hydrogen (secondary N) is 2. The number of hydrogen-bond donors (Lipinski definition) is 2. The predicted molar refractivity (Wildman–Crippen MR) is 116 cm³/mol. The molecule has 0 atom stereocenters. The lowest BCUT2D eigenvalue weighted by Crippen LogP contribution is -2.48. The zero-order chi connectivity index (χ0) is 20.9. The van der Waals surface area contributed by atoms with Crippen LogP contribution in [-0.4, -0.2) is 49.4 Å². The molecule has 156 valence electrons. The van der Waals surface area contributed by atoms with Crippen LogP contribution in [-0.2, 0) is 4.79 Å². The highest BCUT2D eigenvalue weighted by atomic mass is 16.3. The topological polar surface area (TPSA) is 77.8 Å². The summed E-state index contributed by atoms with van der Waals surface area (Å²) in [4.78, 5) is 29.2. The third-order valence-corrected chi connectivity index (χ3v) is 5.51. The van der Waals surface area contributed by atoms with Crippen molar-refractivity contribution in [1.29, 1.82) is 0 Å². The number of carbonyl (C=O) groups excluding carboxylic acids is 2. The fraction of sp³-hybridized carbons (Fsp3) is 0.304. The molecule has 2 heterocycles. The number of para-hydroxylation sites is 2. The van der Waals surface area contributed by atoms with E-state index < -0.39 is 5.91 Å². The van der Waals surface area contributed by atoms with Crippen molar-refractivity contribution >= 4 is 28.5 Å². The average Bonchev–Trinajstić information content (AvgIpc) is 3.14. The molecule has 0 spiro atoms. The number of hydrazine groups is 1. The zero-order valence-electron chi connectivity index (χ0n) is 17.1. The Labute approximate surface area is 175 Å². The van der Waals surface area contributed by atoms with Crippen LogP contribution in [0.4, 0.5) is 5.69 Å². The lowest BCUT2D eigenvalue weighted by molar-refractivity contribution is -0.122. The molecule has 3 aromatic rings. The summed E-state index contributed by atoms with van der Waals surface area (Å²) < 4.78 is 5.62. The molecule has 0 unspecified atom stereocenters. The molecule has 1 aliphatic rings. The van der Waals surface area contributed by atoms with Gasteiger partial charge in [-0.05, 0) is 25.1 Å². The summed E-state index contributed by atoms with van der Waals surface area (Å²) in [5, 5.41) is 0.892. The highest BCUT2D eigenvalue weighted by molar-refractivity contribution is 5.99. The fourth-order valence-corrected chi connectivity index (χ4v) is 3.76. The van der Waals surface area contributed by atoms with E-state index in [1.54, 1.807) is 0 Å². The summed E-state index contributed by atoms with van der Waals surface area (Å²) in [6.45, 7) is 6.19. The second-order valence-corrected chi connectivity index (χ2v) is 7.47. The van der Waals surface area contributed by atoms with Gasteiger partial charge < -0.3 is 9.32 Å². The molecule has 0 bridgehead atoms. The van der Waals surface area contributed by atoms with Crippen LogP contribution in [0.15, 0.2) is 59.0 Å². The number of fused-ring (bicyclic) bond motifs is 1. The zero-order valence-corrected chi connectivity index (χ0v) is 17.1. The van der Waals surface area contributed by atoms with Gasteiger partial charge in [0.05, 0.1) is 0 Å². The standard InChI is InChI=1S/C23H26N4O3/c1-17-19-9-5-6-10-20(19)30-22(17)23(29)25-24-21(28)11-12-26-13-15-27(16-14-26)18-7-3-2-4-8-18/h2-10H,11-16H2,1H3,(H,24,28)(H,25,29). The SMILES string of the molecule is Cc1c(C(=O)NNC(=O)CCN2CCN(c3ccccc3)CC2)oc2ccccc12. The smallest absolute Gasteiger partial charge is 0.305 e. The number of amides is 2. The third kappa shape index (κ3) is 4.46. The summed E-state index contributed by atoms with van der Waals surface area (Å²) in [6.07, 6.45) is 0.324. The molecule has 4 rings (SSSR count). The fourth-order valence-electron chi connectivity index (χ4n) is 3.76. The van der Waals surface area contributed by atoms with Crippen molar-refractivity contribution in [3.8, 4) is 0 Å². The lowest BCUT2D eigenvalue weighted by Gasteiger charge is -2.36. The van der Waals surface area contributed by atoms with E-state index in [0.29, 0.717) is 18.5 Å². The largest absolute Gasteiger partial charge is 0.451 e. The van der Waals surface area contributed by atoms with Gasteiger partial charge in [-0.1, -0.05) is 36.4 Å². The minimum absolute atomic E-state index is 0.216. The van der Waals surface area contributed by atoms with E-state index in [1.165, 1.54) is 5.69 Å². The van der Waals surface area contributed by atoms with Crippen LogP contribution < -0.4 is 15.8 Å². The van der Waals surface area contributed by atoms with Crippen LogP contribution in [0.3, 0.4) is 0 Å². The molecule has 2 N–H and O–H groups in total. The van der Waals surface area contributed by atoms with Gasteiger partial charge in [-0.25, -0.2) is 0 Å². The minimum Gasteiger partial charge on any atom is -0.451 e. The number of anilines is 1. The van der Waals surface area contributed by atoms with E-state index in [4.69, 9.17) is 4.42 Å². The van der Waals surface area contributed by atoms with Crippen molar-refractivity contribution in [2.75, 3.05) is 37.6 Å². The quantitative estimate of drug-likeness (QED) is 0.637. The minimum atomic E-state index is -0.450. The van der Waals surface area contributed by atoms with E-state index in [-0.39, 0.29) is 11.7 Å². The Bertz CT molecular complexity index is 1020. The molecule has 1 fully saturated rings. The highest BCUT2D eigenvalue weighted by Gasteiger charge is 2.19. The van der Waals surface area contributed by atoms with Crippen LogP contribution in [0.25, 0.3) is 11.0 Å². The molecule has 30 heavy (non-hydrogen) atoms. The molecule has 7 heteroatoms. The van der Waals surface area contributed by atoms with Crippen molar-refractivity contribution < 1.29 is 14.0 Å². The number of rotatable bonds is 5.